The van der Waals surface area contributed by atoms with Gasteiger partial charge in [-0.15, -0.1) is 0 Å². The highest BCUT2D eigenvalue weighted by molar-refractivity contribution is 7.22. The predicted molar refractivity (Wildman–Crippen MR) is 84.1 cm³/mol. The number of fused-ring (bicyclic) bond motifs is 1. The average Bonchev–Trinajstić information content (AvgIpc) is 2.74. The van der Waals surface area contributed by atoms with E-state index in [2.05, 4.69) is 10.3 Å². The van der Waals surface area contributed by atoms with E-state index < -0.39 is 0 Å². The van der Waals surface area contributed by atoms with E-state index in [4.69, 9.17) is 23.2 Å². The lowest BCUT2D eigenvalue weighted by Gasteiger charge is -2.05. The fourth-order valence-corrected chi connectivity index (χ4v) is 3.10. The molecule has 0 aliphatic rings. The average molecular weight is 309 g/mol. The number of nitrogens with one attached hydrogen (secondary N) is 1. The SMILES string of the molecule is Cc1ccc(Nc2nc3cc(Cl)ccc3s2)c(Cl)c1. The third-order valence-electron chi connectivity index (χ3n) is 2.72. The van der Waals surface area contributed by atoms with Gasteiger partial charge in [0, 0.05) is 5.02 Å². The van der Waals surface area contributed by atoms with Crippen LogP contribution in [0.15, 0.2) is 36.4 Å². The normalized spacial score (nSPS) is 10.9. The number of hydrogen-bond acceptors (Lipinski definition) is 3. The van der Waals surface area contributed by atoms with Crippen LogP contribution >= 0.6 is 34.5 Å². The minimum absolute atomic E-state index is 0.692. The van der Waals surface area contributed by atoms with Gasteiger partial charge in [0.1, 0.15) is 0 Å². The van der Waals surface area contributed by atoms with Crippen molar-refractivity contribution in [3.8, 4) is 0 Å². The molecule has 2 nitrogen and oxygen atoms in total. The monoisotopic (exact) mass is 308 g/mol. The fraction of sp³-hybridized carbons (Fsp3) is 0.0714. The summed E-state index contributed by atoms with van der Waals surface area (Å²) >= 11 is 13.7. The second-order valence-electron chi connectivity index (χ2n) is 4.24. The molecule has 0 radical (unpaired) electrons. The van der Waals surface area contributed by atoms with Crippen LogP contribution in [-0.2, 0) is 0 Å². The Kier molecular flexibility index (Phi) is 3.35. The summed E-state index contributed by atoms with van der Waals surface area (Å²) in [6.45, 7) is 2.01. The fourth-order valence-electron chi connectivity index (χ4n) is 1.79. The maximum absolute atomic E-state index is 6.20. The van der Waals surface area contributed by atoms with Crippen LogP contribution in [0.1, 0.15) is 5.56 Å². The Morgan fingerprint density at radius 2 is 1.95 bits per heavy atom. The Morgan fingerprint density at radius 1 is 1.11 bits per heavy atom. The molecular weight excluding hydrogens is 299 g/mol. The first-order chi connectivity index (χ1) is 9.11. The van der Waals surface area contributed by atoms with E-state index in [1.54, 1.807) is 11.3 Å². The Hall–Kier alpha value is -1.29. The lowest BCUT2D eigenvalue weighted by molar-refractivity contribution is 1.42. The van der Waals surface area contributed by atoms with E-state index in [1.165, 1.54) is 0 Å². The minimum atomic E-state index is 0.692. The smallest absolute Gasteiger partial charge is 0.188 e. The van der Waals surface area contributed by atoms with Gasteiger partial charge >= 0.3 is 0 Å². The van der Waals surface area contributed by atoms with Gasteiger partial charge in [0.05, 0.1) is 20.9 Å². The number of hydrogen-bond donors (Lipinski definition) is 1. The largest absolute Gasteiger partial charge is 0.330 e. The number of aromatic nitrogens is 1. The summed E-state index contributed by atoms with van der Waals surface area (Å²) in [5.41, 5.74) is 2.88. The van der Waals surface area contributed by atoms with Crippen molar-refractivity contribution >= 4 is 55.6 Å². The molecule has 0 saturated heterocycles. The highest BCUT2D eigenvalue weighted by Gasteiger charge is 2.06. The Labute approximate surface area is 125 Å². The molecule has 3 rings (SSSR count). The zero-order valence-corrected chi connectivity index (χ0v) is 12.4. The summed E-state index contributed by atoms with van der Waals surface area (Å²) in [4.78, 5) is 4.50. The van der Waals surface area contributed by atoms with Gasteiger partial charge in [-0.2, -0.15) is 0 Å². The van der Waals surface area contributed by atoms with Crippen LogP contribution in [-0.4, -0.2) is 4.98 Å². The van der Waals surface area contributed by atoms with Crippen LogP contribution in [0.2, 0.25) is 10.0 Å². The van der Waals surface area contributed by atoms with E-state index >= 15 is 0 Å². The topological polar surface area (TPSA) is 24.9 Å². The van der Waals surface area contributed by atoms with Crippen LogP contribution in [0.5, 0.6) is 0 Å². The number of rotatable bonds is 2. The minimum Gasteiger partial charge on any atom is -0.330 e. The molecule has 1 aromatic heterocycles. The van der Waals surface area contributed by atoms with Gasteiger partial charge in [0.15, 0.2) is 5.13 Å². The number of benzene rings is 2. The summed E-state index contributed by atoms with van der Waals surface area (Å²) in [5, 5.41) is 5.43. The van der Waals surface area contributed by atoms with Crippen molar-refractivity contribution in [2.45, 2.75) is 6.92 Å². The van der Waals surface area contributed by atoms with Crippen molar-refractivity contribution in [1.29, 1.82) is 0 Å². The van der Waals surface area contributed by atoms with Crippen LogP contribution in [0.3, 0.4) is 0 Å². The van der Waals surface area contributed by atoms with Crippen LogP contribution in [0, 0.1) is 6.92 Å². The first-order valence-corrected chi connectivity index (χ1v) is 7.28. The van der Waals surface area contributed by atoms with Crippen molar-refractivity contribution in [2.24, 2.45) is 0 Å². The summed E-state index contributed by atoms with van der Waals surface area (Å²) < 4.78 is 1.09. The van der Waals surface area contributed by atoms with Crippen molar-refractivity contribution in [3.05, 3.63) is 52.0 Å². The van der Waals surface area contributed by atoms with Gasteiger partial charge in [0.2, 0.25) is 0 Å². The molecule has 0 spiro atoms. The summed E-state index contributed by atoms with van der Waals surface area (Å²) in [6, 6.07) is 11.6. The first-order valence-electron chi connectivity index (χ1n) is 5.71. The van der Waals surface area contributed by atoms with Gasteiger partial charge in [-0.05, 0) is 42.8 Å². The molecule has 2 aromatic carbocycles. The molecule has 0 atom stereocenters. The molecule has 1 N–H and O–H groups in total. The molecule has 1 heterocycles. The molecule has 96 valence electrons. The predicted octanol–water partition coefficient (Wildman–Crippen LogP) is 5.66. The number of anilines is 2. The molecular formula is C14H10Cl2N2S. The van der Waals surface area contributed by atoms with Gasteiger partial charge < -0.3 is 5.32 Å². The highest BCUT2D eigenvalue weighted by atomic mass is 35.5. The number of aryl methyl sites for hydroxylation is 1. The molecule has 0 aliphatic heterocycles. The zero-order chi connectivity index (χ0) is 13.4. The molecule has 19 heavy (non-hydrogen) atoms. The maximum atomic E-state index is 6.20. The van der Waals surface area contributed by atoms with Crippen molar-refractivity contribution in [2.75, 3.05) is 5.32 Å². The molecule has 0 aliphatic carbocycles. The molecule has 0 bridgehead atoms. The van der Waals surface area contributed by atoms with Gasteiger partial charge in [0.25, 0.3) is 0 Å². The van der Waals surface area contributed by atoms with E-state index in [0.29, 0.717) is 10.0 Å². The molecule has 0 saturated carbocycles. The third-order valence-corrected chi connectivity index (χ3v) is 4.22. The second kappa shape index (κ2) is 5.00. The van der Waals surface area contributed by atoms with Crippen LogP contribution in [0.4, 0.5) is 10.8 Å². The van der Waals surface area contributed by atoms with Crippen LogP contribution < -0.4 is 5.32 Å². The van der Waals surface area contributed by atoms with Crippen molar-refractivity contribution in [1.82, 2.24) is 4.98 Å². The highest BCUT2D eigenvalue weighted by Crippen LogP contribution is 2.32. The summed E-state index contributed by atoms with van der Waals surface area (Å²) in [7, 11) is 0. The van der Waals surface area contributed by atoms with E-state index in [1.807, 2.05) is 43.3 Å². The van der Waals surface area contributed by atoms with E-state index in [0.717, 1.165) is 26.6 Å². The Balaban J connectivity index is 1.96. The van der Waals surface area contributed by atoms with Gasteiger partial charge in [-0.3, -0.25) is 0 Å². The first kappa shape index (κ1) is 12.7. The van der Waals surface area contributed by atoms with Gasteiger partial charge in [-0.25, -0.2) is 4.98 Å². The van der Waals surface area contributed by atoms with E-state index in [9.17, 15) is 0 Å². The van der Waals surface area contributed by atoms with Crippen molar-refractivity contribution < 1.29 is 0 Å². The molecule has 0 amide bonds. The number of thiazole rings is 1. The zero-order valence-electron chi connectivity index (χ0n) is 10.1. The lowest BCUT2D eigenvalue weighted by Crippen LogP contribution is -1.90. The Morgan fingerprint density at radius 3 is 2.74 bits per heavy atom. The summed E-state index contributed by atoms with van der Waals surface area (Å²) in [6.07, 6.45) is 0. The number of halogens is 2. The van der Waals surface area contributed by atoms with E-state index in [-0.39, 0.29) is 0 Å². The van der Waals surface area contributed by atoms with Crippen LogP contribution in [0.25, 0.3) is 10.2 Å². The summed E-state index contributed by atoms with van der Waals surface area (Å²) in [5.74, 6) is 0. The molecule has 0 unspecified atom stereocenters. The quantitative estimate of drug-likeness (QED) is 0.661. The Bertz CT molecular complexity index is 752. The third kappa shape index (κ3) is 2.68. The molecule has 0 fully saturated rings. The van der Waals surface area contributed by atoms with Gasteiger partial charge in [-0.1, -0.05) is 40.6 Å². The number of nitrogens with zero attached hydrogens (tertiary/aromatic N) is 1. The lowest BCUT2D eigenvalue weighted by atomic mass is 10.2. The maximum Gasteiger partial charge on any atom is 0.188 e. The molecule has 5 heteroatoms. The van der Waals surface area contributed by atoms with Crippen molar-refractivity contribution in [3.63, 3.8) is 0 Å². The molecule has 3 aromatic rings. The standard InChI is InChI=1S/C14H10Cl2N2S/c1-8-2-4-11(10(16)6-8)17-14-18-12-7-9(15)3-5-13(12)19-14/h2-7H,1H3,(H,17,18). The second-order valence-corrected chi connectivity index (χ2v) is 6.11.